The first-order valence-electron chi connectivity index (χ1n) is 7.15. The first-order valence-corrected chi connectivity index (χ1v) is 8.03. The van der Waals surface area contributed by atoms with E-state index < -0.39 is 0 Å². The fourth-order valence-corrected chi connectivity index (χ4v) is 3.51. The lowest BCUT2D eigenvalue weighted by Gasteiger charge is -2.28. The number of rotatable bonds is 5. The van der Waals surface area contributed by atoms with Gasteiger partial charge in [-0.05, 0) is 62.2 Å². The van der Waals surface area contributed by atoms with E-state index in [9.17, 15) is 0 Å². The van der Waals surface area contributed by atoms with Crippen LogP contribution in [0.3, 0.4) is 0 Å². The monoisotopic (exact) mass is 287 g/mol. The molecule has 0 radical (unpaired) electrons. The Morgan fingerprint density at radius 2 is 2.20 bits per heavy atom. The second-order valence-corrected chi connectivity index (χ2v) is 6.36. The molecule has 1 aliphatic rings. The van der Waals surface area contributed by atoms with E-state index in [1.807, 2.05) is 12.6 Å². The van der Waals surface area contributed by atoms with Crippen molar-refractivity contribution in [1.82, 2.24) is 15.6 Å². The van der Waals surface area contributed by atoms with Crippen molar-refractivity contribution >= 4 is 11.3 Å². The molecule has 0 spiro atoms. The maximum atomic E-state index is 4.37. The molecule has 1 fully saturated rings. The molecule has 3 rings (SSSR count). The lowest BCUT2D eigenvalue weighted by atomic mass is 9.90. The predicted molar refractivity (Wildman–Crippen MR) is 85.1 cm³/mol. The zero-order valence-electron chi connectivity index (χ0n) is 12.1. The molecule has 0 aliphatic carbocycles. The van der Waals surface area contributed by atoms with Crippen LogP contribution in [0.1, 0.15) is 16.8 Å². The van der Waals surface area contributed by atoms with E-state index in [2.05, 4.69) is 40.7 Å². The Hall–Kier alpha value is -1.23. The molecule has 0 amide bonds. The quantitative estimate of drug-likeness (QED) is 0.887. The topological polar surface area (TPSA) is 37.0 Å². The Labute approximate surface area is 124 Å². The van der Waals surface area contributed by atoms with E-state index in [1.54, 1.807) is 11.3 Å². The van der Waals surface area contributed by atoms with Gasteiger partial charge in [0, 0.05) is 6.54 Å². The average Bonchev–Trinajstić information content (AvgIpc) is 2.82. The largest absolute Gasteiger partial charge is 0.316 e. The number of thiazole rings is 1. The van der Waals surface area contributed by atoms with Gasteiger partial charge in [-0.2, -0.15) is 0 Å². The summed E-state index contributed by atoms with van der Waals surface area (Å²) >= 11 is 1.73. The van der Waals surface area contributed by atoms with Crippen LogP contribution in [0.2, 0.25) is 0 Å². The Kier molecular flexibility index (Phi) is 4.15. The molecule has 106 valence electrons. The van der Waals surface area contributed by atoms with Gasteiger partial charge in [0.05, 0.1) is 16.1 Å². The third-order valence-electron chi connectivity index (χ3n) is 3.96. The number of nitrogens with one attached hydrogen (secondary N) is 2. The summed E-state index contributed by atoms with van der Waals surface area (Å²) in [6.45, 7) is 5.34. The molecule has 2 heterocycles. The molecule has 3 nitrogen and oxygen atoms in total. The summed E-state index contributed by atoms with van der Waals surface area (Å²) in [6, 6.07) is 6.87. The summed E-state index contributed by atoms with van der Waals surface area (Å²) in [4.78, 5) is 5.67. The molecule has 2 aromatic rings. The van der Waals surface area contributed by atoms with E-state index >= 15 is 0 Å². The highest BCUT2D eigenvalue weighted by atomic mass is 32.1. The molecule has 1 saturated heterocycles. The van der Waals surface area contributed by atoms with Crippen molar-refractivity contribution in [2.75, 3.05) is 20.1 Å². The van der Waals surface area contributed by atoms with Gasteiger partial charge in [-0.15, -0.1) is 11.3 Å². The molecule has 1 aliphatic heterocycles. The molecule has 2 N–H and O–H groups in total. The van der Waals surface area contributed by atoms with Gasteiger partial charge < -0.3 is 10.6 Å². The minimum absolute atomic E-state index is 0.795. The Morgan fingerprint density at radius 3 is 2.80 bits per heavy atom. The maximum Gasteiger partial charge on any atom is 0.0801 e. The molecular weight excluding hydrogens is 266 g/mol. The van der Waals surface area contributed by atoms with Gasteiger partial charge in [0.2, 0.25) is 0 Å². The van der Waals surface area contributed by atoms with Crippen LogP contribution in [0.4, 0.5) is 0 Å². The van der Waals surface area contributed by atoms with Gasteiger partial charge in [0.25, 0.3) is 0 Å². The smallest absolute Gasteiger partial charge is 0.0801 e. The number of aryl methyl sites for hydroxylation is 1. The predicted octanol–water partition coefficient (Wildman–Crippen LogP) is 2.60. The van der Waals surface area contributed by atoms with Crippen molar-refractivity contribution in [3.8, 4) is 10.4 Å². The third kappa shape index (κ3) is 2.77. The van der Waals surface area contributed by atoms with Crippen molar-refractivity contribution in [3.05, 3.63) is 40.5 Å². The van der Waals surface area contributed by atoms with E-state index in [4.69, 9.17) is 0 Å². The number of nitrogens with zero attached hydrogens (tertiary/aromatic N) is 1. The number of benzene rings is 1. The van der Waals surface area contributed by atoms with Crippen LogP contribution in [0.25, 0.3) is 10.4 Å². The number of aromatic nitrogens is 1. The van der Waals surface area contributed by atoms with Gasteiger partial charge in [-0.25, -0.2) is 4.98 Å². The van der Waals surface area contributed by atoms with Gasteiger partial charge in [0.15, 0.2) is 0 Å². The second kappa shape index (κ2) is 6.04. The summed E-state index contributed by atoms with van der Waals surface area (Å²) in [5.74, 6) is 0.795. The molecule has 0 bridgehead atoms. The minimum Gasteiger partial charge on any atom is -0.316 e. The highest BCUT2D eigenvalue weighted by Gasteiger charge is 2.19. The molecule has 4 heteroatoms. The molecule has 20 heavy (non-hydrogen) atoms. The number of hydrogen-bond acceptors (Lipinski definition) is 4. The summed E-state index contributed by atoms with van der Waals surface area (Å²) in [6.07, 6.45) is 1.18. The standard InChI is InChI=1S/C16H21N3S/c1-11-16(20-10-19-11)13-3-4-14(9-17-2)15(6-13)5-12-7-18-8-12/h3-4,6,10,12,17-18H,5,7-9H2,1-2H3. The SMILES string of the molecule is CNCc1ccc(-c2scnc2C)cc1CC1CNC1. The maximum absolute atomic E-state index is 4.37. The van der Waals surface area contributed by atoms with Crippen molar-refractivity contribution in [2.24, 2.45) is 5.92 Å². The molecule has 0 atom stereocenters. The molecule has 0 saturated carbocycles. The minimum atomic E-state index is 0.795. The van der Waals surface area contributed by atoms with Crippen LogP contribution in [0.5, 0.6) is 0 Å². The van der Waals surface area contributed by atoms with Gasteiger partial charge in [-0.3, -0.25) is 0 Å². The van der Waals surface area contributed by atoms with Crippen LogP contribution in [-0.2, 0) is 13.0 Å². The average molecular weight is 287 g/mol. The van der Waals surface area contributed by atoms with Crippen LogP contribution >= 0.6 is 11.3 Å². The summed E-state index contributed by atoms with van der Waals surface area (Å²) in [5.41, 5.74) is 7.28. The zero-order valence-corrected chi connectivity index (χ0v) is 12.9. The molecule has 0 unspecified atom stereocenters. The lowest BCUT2D eigenvalue weighted by molar-refractivity contribution is 0.346. The second-order valence-electron chi connectivity index (χ2n) is 5.51. The van der Waals surface area contributed by atoms with Crippen molar-refractivity contribution in [2.45, 2.75) is 19.9 Å². The highest BCUT2D eigenvalue weighted by Crippen LogP contribution is 2.30. The van der Waals surface area contributed by atoms with Gasteiger partial charge in [0.1, 0.15) is 0 Å². The molecular formula is C16H21N3S. The first kappa shape index (κ1) is 13.7. The Balaban J connectivity index is 1.92. The first-order chi connectivity index (χ1) is 9.78. The van der Waals surface area contributed by atoms with Crippen LogP contribution in [0, 0.1) is 12.8 Å². The van der Waals surface area contributed by atoms with E-state index in [0.717, 1.165) is 31.2 Å². The zero-order chi connectivity index (χ0) is 13.9. The molecule has 1 aromatic heterocycles. The van der Waals surface area contributed by atoms with Crippen molar-refractivity contribution in [1.29, 1.82) is 0 Å². The lowest BCUT2D eigenvalue weighted by Crippen LogP contribution is -2.43. The van der Waals surface area contributed by atoms with Crippen LogP contribution in [-0.4, -0.2) is 25.1 Å². The fourth-order valence-electron chi connectivity index (χ4n) is 2.70. The van der Waals surface area contributed by atoms with E-state index in [0.29, 0.717) is 0 Å². The van der Waals surface area contributed by atoms with Crippen LogP contribution in [0.15, 0.2) is 23.7 Å². The van der Waals surface area contributed by atoms with Gasteiger partial charge in [-0.1, -0.05) is 12.1 Å². The summed E-state index contributed by atoms with van der Waals surface area (Å²) in [5, 5.41) is 6.63. The van der Waals surface area contributed by atoms with Crippen molar-refractivity contribution < 1.29 is 0 Å². The summed E-state index contributed by atoms with van der Waals surface area (Å²) in [7, 11) is 2.01. The summed E-state index contributed by atoms with van der Waals surface area (Å²) < 4.78 is 0. The Morgan fingerprint density at radius 1 is 1.35 bits per heavy atom. The number of hydrogen-bond donors (Lipinski definition) is 2. The normalized spacial score (nSPS) is 15.3. The highest BCUT2D eigenvalue weighted by molar-refractivity contribution is 7.13. The Bertz CT molecular complexity index is 587. The third-order valence-corrected chi connectivity index (χ3v) is 4.93. The van der Waals surface area contributed by atoms with Crippen molar-refractivity contribution in [3.63, 3.8) is 0 Å². The van der Waals surface area contributed by atoms with Crippen LogP contribution < -0.4 is 10.6 Å². The van der Waals surface area contributed by atoms with E-state index in [1.165, 1.54) is 28.0 Å². The fraction of sp³-hybridized carbons (Fsp3) is 0.438. The van der Waals surface area contributed by atoms with E-state index in [-0.39, 0.29) is 0 Å². The molecule has 1 aromatic carbocycles. The van der Waals surface area contributed by atoms with Gasteiger partial charge >= 0.3 is 0 Å².